The van der Waals surface area contributed by atoms with Crippen LogP contribution in [0.2, 0.25) is 0 Å². The first-order valence-corrected chi connectivity index (χ1v) is 11.6. The summed E-state index contributed by atoms with van der Waals surface area (Å²) in [5.74, 6) is 0.296. The van der Waals surface area contributed by atoms with Crippen LogP contribution in [0.5, 0.6) is 0 Å². The van der Waals surface area contributed by atoms with E-state index in [1.807, 2.05) is 0 Å². The zero-order valence-electron chi connectivity index (χ0n) is 19.3. The Bertz CT molecular complexity index is 1430. The molecular formula is C25H24FN9O. The summed E-state index contributed by atoms with van der Waals surface area (Å²) >= 11 is 0. The molecule has 182 valence electrons. The Labute approximate surface area is 206 Å². The average molecular weight is 486 g/mol. The van der Waals surface area contributed by atoms with Gasteiger partial charge in [0.2, 0.25) is 0 Å². The van der Waals surface area contributed by atoms with Crippen LogP contribution in [0.15, 0.2) is 49.4 Å². The van der Waals surface area contributed by atoms with Crippen molar-refractivity contribution in [2.24, 2.45) is 0 Å². The van der Waals surface area contributed by atoms with Crippen molar-refractivity contribution in [2.75, 3.05) is 5.32 Å². The molecule has 4 aromatic rings. The van der Waals surface area contributed by atoms with Gasteiger partial charge in [-0.1, -0.05) is 12.8 Å². The molecule has 1 aliphatic carbocycles. The van der Waals surface area contributed by atoms with E-state index in [2.05, 4.69) is 40.5 Å². The molecule has 3 heterocycles. The lowest BCUT2D eigenvalue weighted by molar-refractivity contribution is 0.0947. The predicted octanol–water partition coefficient (Wildman–Crippen LogP) is 3.97. The zero-order chi connectivity index (χ0) is 24.9. The number of imidazole rings is 1. The summed E-state index contributed by atoms with van der Waals surface area (Å²) < 4.78 is 14.4. The Morgan fingerprint density at radius 1 is 1.14 bits per heavy atom. The van der Waals surface area contributed by atoms with E-state index in [9.17, 15) is 9.18 Å². The van der Waals surface area contributed by atoms with Crippen LogP contribution in [-0.4, -0.2) is 42.0 Å². The molecule has 0 atom stereocenters. The molecule has 4 N–H and O–H groups in total. The van der Waals surface area contributed by atoms with E-state index in [-0.39, 0.29) is 12.2 Å². The second kappa shape index (κ2) is 10.4. The van der Waals surface area contributed by atoms with E-state index in [1.54, 1.807) is 24.7 Å². The van der Waals surface area contributed by atoms with Gasteiger partial charge in [0.15, 0.2) is 11.3 Å². The van der Waals surface area contributed by atoms with E-state index < -0.39 is 11.7 Å². The lowest BCUT2D eigenvalue weighted by Crippen LogP contribution is -2.24. The first-order chi connectivity index (χ1) is 17.6. The van der Waals surface area contributed by atoms with Crippen molar-refractivity contribution in [3.63, 3.8) is 0 Å². The van der Waals surface area contributed by atoms with Gasteiger partial charge in [-0.25, -0.2) is 29.3 Å². The van der Waals surface area contributed by atoms with Crippen molar-refractivity contribution in [3.8, 4) is 0 Å². The van der Waals surface area contributed by atoms with Crippen LogP contribution in [0.4, 0.5) is 10.1 Å². The number of aromatic nitrogens is 6. The first-order valence-electron chi connectivity index (χ1n) is 11.6. The Morgan fingerprint density at radius 3 is 2.72 bits per heavy atom. The van der Waals surface area contributed by atoms with E-state index >= 15 is 0 Å². The fourth-order valence-electron chi connectivity index (χ4n) is 4.34. The van der Waals surface area contributed by atoms with E-state index in [0.29, 0.717) is 39.5 Å². The van der Waals surface area contributed by atoms with Crippen molar-refractivity contribution in [1.82, 2.24) is 35.2 Å². The third kappa shape index (κ3) is 5.09. The fourth-order valence-corrected chi connectivity index (χ4v) is 4.34. The topological polar surface area (TPSA) is 145 Å². The van der Waals surface area contributed by atoms with E-state index in [0.717, 1.165) is 24.9 Å². The van der Waals surface area contributed by atoms with Gasteiger partial charge >= 0.3 is 0 Å². The zero-order valence-corrected chi connectivity index (χ0v) is 19.3. The highest BCUT2D eigenvalue weighted by molar-refractivity contribution is 6.08. The number of allylic oxidation sites excluding steroid dienone is 1. The lowest BCUT2D eigenvalue weighted by Gasteiger charge is -2.09. The van der Waals surface area contributed by atoms with Crippen LogP contribution in [0, 0.1) is 11.2 Å². The molecule has 0 saturated heterocycles. The number of halogens is 1. The van der Waals surface area contributed by atoms with Gasteiger partial charge < -0.3 is 21.0 Å². The molecule has 1 fully saturated rings. The van der Waals surface area contributed by atoms with Gasteiger partial charge in [-0.3, -0.25) is 4.79 Å². The fraction of sp³-hybridized carbons (Fsp3) is 0.240. The van der Waals surface area contributed by atoms with Crippen molar-refractivity contribution >= 4 is 34.5 Å². The molecule has 0 unspecified atom stereocenters. The van der Waals surface area contributed by atoms with Gasteiger partial charge in [-0.15, -0.1) is 0 Å². The number of aromatic amines is 1. The van der Waals surface area contributed by atoms with Crippen LogP contribution < -0.4 is 10.6 Å². The molecule has 0 bridgehead atoms. The molecule has 1 aliphatic rings. The van der Waals surface area contributed by atoms with Gasteiger partial charge in [0.25, 0.3) is 5.91 Å². The number of rotatable bonds is 8. The minimum absolute atomic E-state index is 0.0734. The van der Waals surface area contributed by atoms with Gasteiger partial charge in [-0.05, 0) is 42.2 Å². The van der Waals surface area contributed by atoms with Gasteiger partial charge in [0, 0.05) is 30.5 Å². The van der Waals surface area contributed by atoms with Gasteiger partial charge in [-0.2, -0.15) is 0 Å². The number of nitrogens with one attached hydrogen (secondary N) is 4. The number of fused-ring (bicyclic) bond motifs is 1. The molecular weight excluding hydrogens is 461 g/mol. The average Bonchev–Trinajstić information content (AvgIpc) is 3.58. The van der Waals surface area contributed by atoms with Gasteiger partial charge in [0.05, 0.1) is 18.1 Å². The Morgan fingerprint density at radius 2 is 1.94 bits per heavy atom. The van der Waals surface area contributed by atoms with Crippen molar-refractivity contribution in [1.29, 1.82) is 5.41 Å². The molecule has 1 aromatic carbocycles. The van der Waals surface area contributed by atoms with Crippen LogP contribution in [-0.2, 0) is 6.54 Å². The molecule has 1 amide bonds. The van der Waals surface area contributed by atoms with Crippen LogP contribution in [0.25, 0.3) is 16.7 Å². The largest absolute Gasteiger partial charge is 0.359 e. The maximum Gasteiger partial charge on any atom is 0.272 e. The Hall–Kier alpha value is -4.54. The third-order valence-electron chi connectivity index (χ3n) is 6.12. The summed E-state index contributed by atoms with van der Waals surface area (Å²) in [4.78, 5) is 37.0. The maximum atomic E-state index is 14.4. The van der Waals surface area contributed by atoms with Crippen LogP contribution >= 0.6 is 0 Å². The minimum Gasteiger partial charge on any atom is -0.359 e. The SMILES string of the molecule is N=C/C(=C\Nc1cncnc1)c1cc(F)cc(CNC(=O)c2ncnc3nc(C4CCCC4)[nH]c23)c1. The van der Waals surface area contributed by atoms with Gasteiger partial charge in [0.1, 0.15) is 29.8 Å². The summed E-state index contributed by atoms with van der Waals surface area (Å²) in [6, 6.07) is 4.38. The molecule has 36 heavy (non-hydrogen) atoms. The maximum absolute atomic E-state index is 14.4. The second-order valence-corrected chi connectivity index (χ2v) is 8.57. The second-order valence-electron chi connectivity index (χ2n) is 8.57. The molecule has 10 nitrogen and oxygen atoms in total. The molecule has 11 heteroatoms. The molecule has 3 aromatic heterocycles. The van der Waals surface area contributed by atoms with Crippen molar-refractivity contribution < 1.29 is 9.18 Å². The number of amides is 1. The standard InChI is InChI=1S/C25H24FN9O/c26-19-6-15(5-17(7-19)18(8-27)10-30-20-11-28-13-29-12-20)9-31-25(36)22-21-24(33-14-32-22)35-23(34-21)16-3-1-2-4-16/h5-8,10-14,16,27,30H,1-4,9H2,(H,31,36)(H,32,33,34,35)/b18-10+,27-8?. The number of H-pyrrole nitrogens is 1. The summed E-state index contributed by atoms with van der Waals surface area (Å²) in [6.45, 7) is 0.0734. The van der Waals surface area contributed by atoms with Crippen LogP contribution in [0.3, 0.4) is 0 Å². The van der Waals surface area contributed by atoms with Crippen LogP contribution in [0.1, 0.15) is 59.0 Å². The minimum atomic E-state index is -0.480. The number of hydrogen-bond acceptors (Lipinski definition) is 8. The summed E-state index contributed by atoms with van der Waals surface area (Å²) in [5.41, 5.74) is 3.26. The van der Waals surface area contributed by atoms with E-state index in [4.69, 9.17) is 5.41 Å². The smallest absolute Gasteiger partial charge is 0.272 e. The number of carbonyl (C=O) groups is 1. The normalized spacial score (nSPS) is 14.2. The number of carbonyl (C=O) groups excluding carboxylic acids is 1. The summed E-state index contributed by atoms with van der Waals surface area (Å²) in [5, 5.41) is 13.5. The predicted molar refractivity (Wildman–Crippen MR) is 133 cm³/mol. The third-order valence-corrected chi connectivity index (χ3v) is 6.12. The highest BCUT2D eigenvalue weighted by atomic mass is 19.1. The quantitative estimate of drug-likeness (QED) is 0.276. The van der Waals surface area contributed by atoms with Crippen molar-refractivity contribution in [3.05, 3.63) is 77.9 Å². The number of nitrogens with zero attached hydrogens (tertiary/aromatic N) is 5. The molecule has 1 saturated carbocycles. The number of benzene rings is 1. The Balaban J connectivity index is 1.32. The monoisotopic (exact) mass is 485 g/mol. The number of hydrogen-bond donors (Lipinski definition) is 4. The first kappa shape index (κ1) is 23.2. The molecule has 0 radical (unpaired) electrons. The Kier molecular flexibility index (Phi) is 6.69. The number of anilines is 1. The highest BCUT2D eigenvalue weighted by Gasteiger charge is 2.23. The van der Waals surface area contributed by atoms with Crippen molar-refractivity contribution in [2.45, 2.75) is 38.1 Å². The molecule has 0 spiro atoms. The summed E-state index contributed by atoms with van der Waals surface area (Å²) in [7, 11) is 0. The van der Waals surface area contributed by atoms with E-state index in [1.165, 1.54) is 37.6 Å². The highest BCUT2D eigenvalue weighted by Crippen LogP contribution is 2.33. The lowest BCUT2D eigenvalue weighted by atomic mass is 10.0. The molecule has 0 aliphatic heterocycles. The molecule has 5 rings (SSSR count). The summed E-state index contributed by atoms with van der Waals surface area (Å²) in [6.07, 6.45) is 13.1.